The lowest BCUT2D eigenvalue weighted by Gasteiger charge is -2.42. The molecule has 2 aromatic carbocycles. The van der Waals surface area contributed by atoms with E-state index in [9.17, 15) is 9.59 Å². The molecule has 1 saturated heterocycles. The van der Waals surface area contributed by atoms with E-state index in [1.54, 1.807) is 6.20 Å². The average Bonchev–Trinajstić information content (AvgIpc) is 2.99. The van der Waals surface area contributed by atoms with Gasteiger partial charge in [-0.05, 0) is 18.1 Å². The number of carbonyl (C=O) groups is 2. The zero-order valence-corrected chi connectivity index (χ0v) is 18.3. The molecule has 2 aliphatic rings. The summed E-state index contributed by atoms with van der Waals surface area (Å²) >= 11 is 0. The Morgan fingerprint density at radius 3 is 2.73 bits per heavy atom. The third kappa shape index (κ3) is 4.58. The van der Waals surface area contributed by atoms with Crippen LogP contribution in [0, 0.1) is 0 Å². The number of aromatic nitrogens is 2. The Labute approximate surface area is 192 Å². The number of amides is 2. The normalized spacial score (nSPS) is 22.2. The molecule has 0 aliphatic carbocycles. The van der Waals surface area contributed by atoms with Crippen LogP contribution in [0.25, 0.3) is 0 Å². The van der Waals surface area contributed by atoms with Crippen molar-refractivity contribution in [2.45, 2.75) is 43.9 Å². The molecule has 7 heteroatoms. The number of likely N-dealkylation sites (tertiary alicyclic amines) is 1. The van der Waals surface area contributed by atoms with Crippen LogP contribution in [0.4, 0.5) is 0 Å². The Bertz CT molecular complexity index is 1140. The Balaban J connectivity index is 1.37. The number of nitrogens with one attached hydrogen (secondary N) is 1. The maximum atomic E-state index is 12.9. The summed E-state index contributed by atoms with van der Waals surface area (Å²) in [7, 11) is 0. The predicted molar refractivity (Wildman–Crippen MR) is 122 cm³/mol. The number of para-hydroxylation sites is 1. The highest BCUT2D eigenvalue weighted by Gasteiger charge is 2.43. The molecule has 0 saturated carbocycles. The molecule has 1 spiro atoms. The molecule has 3 aromatic rings. The first-order valence-corrected chi connectivity index (χ1v) is 11.3. The first-order chi connectivity index (χ1) is 16.1. The van der Waals surface area contributed by atoms with Crippen LogP contribution in [-0.2, 0) is 11.3 Å². The monoisotopic (exact) mass is 442 g/mol. The summed E-state index contributed by atoms with van der Waals surface area (Å²) in [5.74, 6) is 0.630. The molecule has 1 fully saturated rings. The average molecular weight is 443 g/mol. The molecule has 3 heterocycles. The highest BCUT2D eigenvalue weighted by atomic mass is 16.5. The molecular weight excluding hydrogens is 416 g/mol. The molecule has 0 radical (unpaired) electrons. The van der Waals surface area contributed by atoms with Crippen molar-refractivity contribution in [2.75, 3.05) is 6.54 Å². The first-order valence-electron chi connectivity index (χ1n) is 11.3. The maximum absolute atomic E-state index is 12.9. The van der Waals surface area contributed by atoms with Gasteiger partial charge in [0.05, 0.1) is 12.2 Å². The van der Waals surface area contributed by atoms with E-state index in [0.717, 1.165) is 16.9 Å². The number of carbonyl (C=O) groups excluding carboxylic acids is 2. The second-order valence-electron chi connectivity index (χ2n) is 8.69. The molecule has 7 nitrogen and oxygen atoms in total. The van der Waals surface area contributed by atoms with Gasteiger partial charge in [-0.25, -0.2) is 4.98 Å². The number of hydrogen-bond donors (Lipinski definition) is 1. The Kier molecular flexibility index (Phi) is 5.77. The van der Waals surface area contributed by atoms with Crippen molar-refractivity contribution in [3.05, 3.63) is 90.0 Å². The number of fused-ring (bicyclic) bond motifs is 1. The molecule has 168 valence electrons. The van der Waals surface area contributed by atoms with Gasteiger partial charge in [-0.1, -0.05) is 48.5 Å². The summed E-state index contributed by atoms with van der Waals surface area (Å²) in [5.41, 5.74) is 1.82. The standard InChI is InChI=1S/C26H26N4O3/c31-24-10-11-26(12-15-30(24)18-19-6-2-1-3-7-19)16-21(20-8-4-5-9-23(20)33-26)29-25(32)22-17-27-13-14-28-22/h1-9,13-14,17,21H,10-12,15-16,18H2,(H,29,32). The minimum absolute atomic E-state index is 0.137. The summed E-state index contributed by atoms with van der Waals surface area (Å²) in [6.07, 6.45) is 6.84. The highest BCUT2D eigenvalue weighted by molar-refractivity contribution is 5.92. The second-order valence-corrected chi connectivity index (χ2v) is 8.69. The molecule has 1 N–H and O–H groups in total. The van der Waals surface area contributed by atoms with E-state index in [1.165, 1.54) is 12.4 Å². The molecular formula is C26H26N4O3. The smallest absolute Gasteiger partial charge is 0.271 e. The molecule has 1 aromatic heterocycles. The van der Waals surface area contributed by atoms with Crippen LogP contribution in [0.1, 0.15) is 53.3 Å². The third-order valence-corrected chi connectivity index (χ3v) is 6.50. The largest absolute Gasteiger partial charge is 0.487 e. The molecule has 0 bridgehead atoms. The fourth-order valence-corrected chi connectivity index (χ4v) is 4.75. The van der Waals surface area contributed by atoms with E-state index in [0.29, 0.717) is 38.8 Å². The van der Waals surface area contributed by atoms with Crippen molar-refractivity contribution in [3.8, 4) is 5.75 Å². The van der Waals surface area contributed by atoms with Gasteiger partial charge in [0.2, 0.25) is 5.91 Å². The third-order valence-electron chi connectivity index (χ3n) is 6.50. The SMILES string of the molecule is O=C(NC1CC2(CCC(=O)N(Cc3ccccc3)CC2)Oc2ccccc21)c1cnccn1. The van der Waals surface area contributed by atoms with Crippen LogP contribution in [0.5, 0.6) is 5.75 Å². The van der Waals surface area contributed by atoms with E-state index in [2.05, 4.69) is 15.3 Å². The lowest BCUT2D eigenvalue weighted by Crippen LogP contribution is -2.46. The van der Waals surface area contributed by atoms with Crippen molar-refractivity contribution in [3.63, 3.8) is 0 Å². The van der Waals surface area contributed by atoms with Gasteiger partial charge < -0.3 is 15.0 Å². The quantitative estimate of drug-likeness (QED) is 0.666. The van der Waals surface area contributed by atoms with Gasteiger partial charge >= 0.3 is 0 Å². The fraction of sp³-hybridized carbons (Fsp3) is 0.308. The van der Waals surface area contributed by atoms with E-state index in [1.807, 2.05) is 59.5 Å². The van der Waals surface area contributed by atoms with Crippen LogP contribution >= 0.6 is 0 Å². The predicted octanol–water partition coefficient (Wildman–Crippen LogP) is 3.68. The van der Waals surface area contributed by atoms with Crippen LogP contribution in [0.15, 0.2) is 73.2 Å². The van der Waals surface area contributed by atoms with Gasteiger partial charge in [-0.15, -0.1) is 0 Å². The van der Waals surface area contributed by atoms with Crippen LogP contribution in [-0.4, -0.2) is 38.8 Å². The summed E-state index contributed by atoms with van der Waals surface area (Å²) in [5, 5.41) is 3.13. The first kappa shape index (κ1) is 21.1. The summed E-state index contributed by atoms with van der Waals surface area (Å²) in [4.78, 5) is 35.8. The number of ether oxygens (including phenoxy) is 1. The van der Waals surface area contributed by atoms with Gasteiger partial charge in [-0.2, -0.15) is 0 Å². The topological polar surface area (TPSA) is 84.4 Å². The Morgan fingerprint density at radius 2 is 1.91 bits per heavy atom. The van der Waals surface area contributed by atoms with E-state index < -0.39 is 5.60 Å². The molecule has 2 aliphatic heterocycles. The van der Waals surface area contributed by atoms with Crippen LogP contribution in [0.2, 0.25) is 0 Å². The van der Waals surface area contributed by atoms with Crippen molar-refractivity contribution < 1.29 is 14.3 Å². The van der Waals surface area contributed by atoms with Gasteiger partial charge in [0.1, 0.15) is 17.0 Å². The number of benzene rings is 2. The zero-order valence-electron chi connectivity index (χ0n) is 18.3. The molecule has 2 amide bonds. The number of nitrogens with zero attached hydrogens (tertiary/aromatic N) is 3. The van der Waals surface area contributed by atoms with Crippen LogP contribution < -0.4 is 10.1 Å². The van der Waals surface area contributed by atoms with Crippen molar-refractivity contribution >= 4 is 11.8 Å². The summed E-state index contributed by atoms with van der Waals surface area (Å²) < 4.78 is 6.55. The Hall–Kier alpha value is -3.74. The zero-order chi connectivity index (χ0) is 22.7. The molecule has 2 atom stereocenters. The van der Waals surface area contributed by atoms with E-state index in [4.69, 9.17) is 4.74 Å². The van der Waals surface area contributed by atoms with E-state index >= 15 is 0 Å². The molecule has 2 unspecified atom stereocenters. The van der Waals surface area contributed by atoms with Crippen molar-refractivity contribution in [1.82, 2.24) is 20.2 Å². The lowest BCUT2D eigenvalue weighted by atomic mass is 9.82. The number of rotatable bonds is 4. The van der Waals surface area contributed by atoms with Gasteiger partial charge in [0.15, 0.2) is 0 Å². The van der Waals surface area contributed by atoms with E-state index in [-0.39, 0.29) is 23.6 Å². The van der Waals surface area contributed by atoms with Crippen LogP contribution in [0.3, 0.4) is 0 Å². The minimum Gasteiger partial charge on any atom is -0.487 e. The Morgan fingerprint density at radius 1 is 1.09 bits per heavy atom. The lowest BCUT2D eigenvalue weighted by molar-refractivity contribution is -0.131. The fourth-order valence-electron chi connectivity index (χ4n) is 4.75. The maximum Gasteiger partial charge on any atom is 0.271 e. The van der Waals surface area contributed by atoms with Gasteiger partial charge in [0.25, 0.3) is 5.91 Å². The second kappa shape index (κ2) is 9.02. The van der Waals surface area contributed by atoms with Gasteiger partial charge in [0, 0.05) is 50.3 Å². The molecule has 33 heavy (non-hydrogen) atoms. The van der Waals surface area contributed by atoms with Crippen molar-refractivity contribution in [1.29, 1.82) is 0 Å². The summed E-state index contributed by atoms with van der Waals surface area (Å²) in [6, 6.07) is 17.6. The van der Waals surface area contributed by atoms with Gasteiger partial charge in [-0.3, -0.25) is 14.6 Å². The highest BCUT2D eigenvalue weighted by Crippen LogP contribution is 2.44. The minimum atomic E-state index is -0.518. The number of hydrogen-bond acceptors (Lipinski definition) is 5. The summed E-state index contributed by atoms with van der Waals surface area (Å²) in [6.45, 7) is 1.21. The van der Waals surface area contributed by atoms with Crippen molar-refractivity contribution in [2.24, 2.45) is 0 Å². The molecule has 5 rings (SSSR count).